The number of benzene rings is 1. The maximum atomic E-state index is 12.7. The van der Waals surface area contributed by atoms with Crippen molar-refractivity contribution in [2.24, 2.45) is 0 Å². The molecule has 0 aliphatic carbocycles. The van der Waals surface area contributed by atoms with Gasteiger partial charge in [0.25, 0.3) is 11.1 Å². The normalized spacial score (nSPS) is 15.0. The Balaban J connectivity index is 1.88. The Kier molecular flexibility index (Phi) is 7.43. The Hall–Kier alpha value is -3.33. The van der Waals surface area contributed by atoms with Crippen molar-refractivity contribution < 1.29 is 28.7 Å². The molecule has 0 bridgehead atoms. The van der Waals surface area contributed by atoms with E-state index in [1.165, 1.54) is 0 Å². The van der Waals surface area contributed by atoms with Gasteiger partial charge in [0.1, 0.15) is 6.54 Å². The number of ether oxygens (including phenoxy) is 2. The summed E-state index contributed by atoms with van der Waals surface area (Å²) in [5, 5.41) is -0.511. The second-order valence-corrected chi connectivity index (χ2v) is 8.73. The first-order valence-corrected chi connectivity index (χ1v) is 11.3. The first-order chi connectivity index (χ1) is 15.6. The van der Waals surface area contributed by atoms with Gasteiger partial charge in [-0.3, -0.25) is 19.3 Å². The van der Waals surface area contributed by atoms with Crippen molar-refractivity contribution in [2.45, 2.75) is 40.7 Å². The first kappa shape index (κ1) is 24.3. The summed E-state index contributed by atoms with van der Waals surface area (Å²) in [7, 11) is 0. The molecule has 1 fully saturated rings. The number of imide groups is 1. The fraction of sp³-hybridized carbons (Fsp3) is 0.333. The van der Waals surface area contributed by atoms with E-state index in [-0.39, 0.29) is 11.0 Å². The van der Waals surface area contributed by atoms with E-state index < -0.39 is 29.6 Å². The van der Waals surface area contributed by atoms with Gasteiger partial charge in [0.05, 0.1) is 23.2 Å². The average molecular weight is 471 g/mol. The molecule has 1 saturated heterocycles. The van der Waals surface area contributed by atoms with Crippen molar-refractivity contribution in [3.05, 3.63) is 57.8 Å². The fourth-order valence-electron chi connectivity index (χ4n) is 3.52. The number of carbonyl (C=O) groups excluding carboxylic acids is 4. The number of amides is 2. The van der Waals surface area contributed by atoms with Crippen LogP contribution in [0.3, 0.4) is 0 Å². The number of carbonyl (C=O) groups is 4. The summed E-state index contributed by atoms with van der Waals surface area (Å²) in [6.07, 6.45) is 1.31. The maximum Gasteiger partial charge on any atom is 0.338 e. The molecule has 2 heterocycles. The molecule has 1 aliphatic heterocycles. The number of aryl methyl sites for hydroxylation is 1. The molecule has 1 aromatic carbocycles. The van der Waals surface area contributed by atoms with Crippen LogP contribution in [0.5, 0.6) is 0 Å². The molecule has 174 valence electrons. The third-order valence-electron chi connectivity index (χ3n) is 4.90. The van der Waals surface area contributed by atoms with Crippen LogP contribution in [0.2, 0.25) is 0 Å². The van der Waals surface area contributed by atoms with E-state index in [2.05, 4.69) is 0 Å². The molecular weight excluding hydrogens is 444 g/mol. The summed E-state index contributed by atoms with van der Waals surface area (Å²) in [6, 6.07) is 8.99. The fourth-order valence-corrected chi connectivity index (χ4v) is 4.35. The zero-order chi connectivity index (χ0) is 24.3. The van der Waals surface area contributed by atoms with Gasteiger partial charge in [-0.25, -0.2) is 4.79 Å². The van der Waals surface area contributed by atoms with Gasteiger partial charge in [-0.1, -0.05) is 6.07 Å². The largest absolute Gasteiger partial charge is 0.462 e. The van der Waals surface area contributed by atoms with Crippen molar-refractivity contribution in [2.75, 3.05) is 13.2 Å². The monoisotopic (exact) mass is 470 g/mol. The third kappa shape index (κ3) is 5.36. The molecule has 2 aromatic rings. The van der Waals surface area contributed by atoms with E-state index in [1.54, 1.807) is 45.0 Å². The van der Waals surface area contributed by atoms with Gasteiger partial charge < -0.3 is 14.0 Å². The summed E-state index contributed by atoms with van der Waals surface area (Å²) in [4.78, 5) is 50.2. The molecule has 33 heavy (non-hydrogen) atoms. The quantitative estimate of drug-likeness (QED) is 0.441. The van der Waals surface area contributed by atoms with Crippen LogP contribution >= 0.6 is 11.8 Å². The summed E-state index contributed by atoms with van der Waals surface area (Å²) in [5.41, 5.74) is 3.70. The smallest absolute Gasteiger partial charge is 0.338 e. The number of esters is 2. The lowest BCUT2D eigenvalue weighted by Gasteiger charge is -2.13. The highest BCUT2D eigenvalue weighted by atomic mass is 32.2. The molecule has 3 rings (SSSR count). The molecule has 0 N–H and O–H groups in total. The SMILES string of the molecule is CCOC(=O)c1cccc(-n2c(C)cc(/C=C3/SC(=O)N(CC(=O)OC(C)C)C3=O)c2C)c1. The van der Waals surface area contributed by atoms with E-state index in [0.29, 0.717) is 12.2 Å². The van der Waals surface area contributed by atoms with Gasteiger partial charge in [-0.2, -0.15) is 0 Å². The zero-order valence-electron chi connectivity index (χ0n) is 19.2. The minimum atomic E-state index is -0.631. The van der Waals surface area contributed by atoms with E-state index in [4.69, 9.17) is 9.47 Å². The van der Waals surface area contributed by atoms with E-state index in [0.717, 1.165) is 39.3 Å². The number of thioether (sulfide) groups is 1. The molecule has 0 atom stereocenters. The highest BCUT2D eigenvalue weighted by molar-refractivity contribution is 8.18. The summed E-state index contributed by atoms with van der Waals surface area (Å²) < 4.78 is 12.1. The first-order valence-electron chi connectivity index (χ1n) is 10.5. The maximum absolute atomic E-state index is 12.7. The number of aromatic nitrogens is 1. The van der Waals surface area contributed by atoms with Crippen molar-refractivity contribution in [1.82, 2.24) is 9.47 Å². The third-order valence-corrected chi connectivity index (χ3v) is 5.81. The molecular formula is C24H26N2O6S. The second kappa shape index (κ2) is 10.1. The Morgan fingerprint density at radius 2 is 1.88 bits per heavy atom. The van der Waals surface area contributed by atoms with Gasteiger partial charge in [0.15, 0.2) is 0 Å². The molecule has 0 saturated carbocycles. The number of nitrogens with zero attached hydrogens (tertiary/aromatic N) is 2. The van der Waals surface area contributed by atoms with Crippen molar-refractivity contribution >= 4 is 40.9 Å². The Morgan fingerprint density at radius 1 is 1.15 bits per heavy atom. The summed E-state index contributed by atoms with van der Waals surface area (Å²) in [5.74, 6) is -1.56. The van der Waals surface area contributed by atoms with Gasteiger partial charge in [0, 0.05) is 17.1 Å². The van der Waals surface area contributed by atoms with Gasteiger partial charge >= 0.3 is 11.9 Å². The Bertz CT molecular complexity index is 1150. The average Bonchev–Trinajstić information content (AvgIpc) is 3.17. The van der Waals surface area contributed by atoms with Crippen LogP contribution < -0.4 is 0 Å². The van der Waals surface area contributed by atoms with Crippen molar-refractivity contribution in [3.8, 4) is 5.69 Å². The number of rotatable bonds is 7. The minimum absolute atomic E-state index is 0.234. The van der Waals surface area contributed by atoms with E-state index >= 15 is 0 Å². The molecule has 0 unspecified atom stereocenters. The van der Waals surface area contributed by atoms with Crippen LogP contribution in [0.25, 0.3) is 11.8 Å². The molecule has 8 nitrogen and oxygen atoms in total. The van der Waals surface area contributed by atoms with Crippen LogP contribution in [0, 0.1) is 13.8 Å². The molecule has 2 amide bonds. The highest BCUT2D eigenvalue weighted by Crippen LogP contribution is 2.33. The van der Waals surface area contributed by atoms with Gasteiger partial charge in [-0.15, -0.1) is 0 Å². The number of hydrogen-bond donors (Lipinski definition) is 0. The Labute approximate surface area is 196 Å². The van der Waals surface area contributed by atoms with Crippen molar-refractivity contribution in [3.63, 3.8) is 0 Å². The zero-order valence-corrected chi connectivity index (χ0v) is 20.0. The summed E-state index contributed by atoms with van der Waals surface area (Å²) in [6.45, 7) is 8.82. The predicted octanol–water partition coefficient (Wildman–Crippen LogP) is 4.26. The van der Waals surface area contributed by atoms with Crippen LogP contribution in [-0.2, 0) is 19.1 Å². The lowest BCUT2D eigenvalue weighted by Crippen LogP contribution is -2.35. The van der Waals surface area contributed by atoms with Crippen molar-refractivity contribution in [1.29, 1.82) is 0 Å². The topological polar surface area (TPSA) is 94.9 Å². The van der Waals surface area contributed by atoms with Crippen LogP contribution in [0.4, 0.5) is 4.79 Å². The summed E-state index contributed by atoms with van der Waals surface area (Å²) >= 11 is 0.789. The van der Waals surface area contributed by atoms with Gasteiger partial charge in [0.2, 0.25) is 0 Å². The lowest BCUT2D eigenvalue weighted by atomic mass is 10.2. The molecule has 1 aliphatic rings. The minimum Gasteiger partial charge on any atom is -0.462 e. The van der Waals surface area contributed by atoms with E-state index in [9.17, 15) is 19.2 Å². The molecule has 0 radical (unpaired) electrons. The molecule has 9 heteroatoms. The highest BCUT2D eigenvalue weighted by Gasteiger charge is 2.37. The lowest BCUT2D eigenvalue weighted by molar-refractivity contribution is -0.149. The second-order valence-electron chi connectivity index (χ2n) is 7.74. The predicted molar refractivity (Wildman–Crippen MR) is 125 cm³/mol. The standard InChI is InChI=1S/C24H26N2O6S/c1-6-31-23(29)17-8-7-9-19(11-17)26-15(4)10-18(16(26)5)12-20-22(28)25(24(30)33-20)13-21(27)32-14(2)3/h7-12,14H,6,13H2,1-5H3/b20-12+. The number of hydrogen-bond acceptors (Lipinski definition) is 7. The van der Waals surface area contributed by atoms with Crippen LogP contribution in [0.1, 0.15) is 48.1 Å². The molecule has 0 spiro atoms. The van der Waals surface area contributed by atoms with Crippen LogP contribution in [0.15, 0.2) is 35.2 Å². The van der Waals surface area contributed by atoms with E-state index in [1.807, 2.05) is 30.5 Å². The Morgan fingerprint density at radius 3 is 2.55 bits per heavy atom. The molecule has 1 aromatic heterocycles. The van der Waals surface area contributed by atoms with Crippen LogP contribution in [-0.4, -0.2) is 51.8 Å². The van der Waals surface area contributed by atoms with Gasteiger partial charge in [-0.05, 0) is 82.3 Å².